The Morgan fingerprint density at radius 3 is 2.94 bits per heavy atom. The summed E-state index contributed by atoms with van der Waals surface area (Å²) in [6.45, 7) is 4.08. The molecule has 1 unspecified atom stereocenters. The van der Waals surface area contributed by atoms with Crippen LogP contribution < -0.4 is 5.32 Å². The molecule has 0 fully saturated rings. The lowest BCUT2D eigenvalue weighted by Gasteiger charge is -2.23. The molecule has 0 saturated heterocycles. The highest BCUT2D eigenvalue weighted by atomic mass is 16.3. The second-order valence-electron chi connectivity index (χ2n) is 4.22. The maximum atomic E-state index is 10.2. The Labute approximate surface area is 94.3 Å². The van der Waals surface area contributed by atoms with E-state index in [9.17, 15) is 5.11 Å². The van der Waals surface area contributed by atoms with Crippen LogP contribution in [0.1, 0.15) is 18.4 Å². The van der Waals surface area contributed by atoms with Crippen LogP contribution in [0.5, 0.6) is 0 Å². The summed E-state index contributed by atoms with van der Waals surface area (Å²) in [5.74, 6) is 0.639. The van der Waals surface area contributed by atoms with Gasteiger partial charge in [-0.05, 0) is 31.7 Å². The van der Waals surface area contributed by atoms with E-state index >= 15 is 0 Å². The zero-order valence-electron chi connectivity index (χ0n) is 9.74. The molecule has 0 saturated carbocycles. The van der Waals surface area contributed by atoms with Gasteiger partial charge in [-0.25, -0.2) is 4.98 Å². The minimum absolute atomic E-state index is 0.495. The Bertz CT molecular complexity index is 503. The number of likely N-dealkylation sites (N-methyl/N-ethyl adjacent to an activating group) is 1. The molecule has 0 aliphatic heterocycles. The first kappa shape index (κ1) is 11.1. The second-order valence-corrected chi connectivity index (χ2v) is 4.22. The van der Waals surface area contributed by atoms with E-state index in [1.165, 1.54) is 0 Å². The van der Waals surface area contributed by atoms with Crippen molar-refractivity contribution in [3.05, 3.63) is 29.7 Å². The van der Waals surface area contributed by atoms with Gasteiger partial charge in [-0.2, -0.15) is 0 Å². The van der Waals surface area contributed by atoms with Crippen LogP contribution in [0.3, 0.4) is 0 Å². The number of nitrogens with one attached hydrogen (secondary N) is 1. The molecule has 2 aromatic rings. The molecule has 1 heterocycles. The van der Waals surface area contributed by atoms with Crippen molar-refractivity contribution in [3.8, 4) is 0 Å². The summed E-state index contributed by atoms with van der Waals surface area (Å²) in [5.41, 5.74) is 1.48. The average Bonchev–Trinajstić information content (AvgIpc) is 2.56. The van der Waals surface area contributed by atoms with E-state index in [1.54, 1.807) is 6.92 Å². The third-order valence-corrected chi connectivity index (χ3v) is 2.64. The lowest BCUT2D eigenvalue weighted by molar-refractivity contribution is 0.0593. The maximum absolute atomic E-state index is 10.2. The molecule has 2 N–H and O–H groups in total. The lowest BCUT2D eigenvalue weighted by atomic mass is 9.96. The van der Waals surface area contributed by atoms with E-state index in [0.29, 0.717) is 12.4 Å². The van der Waals surface area contributed by atoms with Gasteiger partial charge in [0.05, 0.1) is 5.60 Å². The van der Waals surface area contributed by atoms with E-state index in [-0.39, 0.29) is 0 Å². The number of fused-ring (bicyclic) bond motifs is 1. The van der Waals surface area contributed by atoms with Crippen molar-refractivity contribution in [2.24, 2.45) is 0 Å². The summed E-state index contributed by atoms with van der Waals surface area (Å²) in [4.78, 5) is 4.25. The molecule has 86 valence electrons. The quantitative estimate of drug-likeness (QED) is 0.824. The Balaban J connectivity index is 2.45. The largest absolute Gasteiger partial charge is 0.441 e. The van der Waals surface area contributed by atoms with Crippen molar-refractivity contribution in [2.45, 2.75) is 19.4 Å². The molecule has 0 spiro atoms. The Morgan fingerprint density at radius 2 is 2.25 bits per heavy atom. The van der Waals surface area contributed by atoms with E-state index in [0.717, 1.165) is 16.7 Å². The first-order chi connectivity index (χ1) is 7.53. The van der Waals surface area contributed by atoms with E-state index < -0.39 is 5.60 Å². The summed E-state index contributed by atoms with van der Waals surface area (Å²) in [5, 5.41) is 13.2. The molecule has 1 aromatic heterocycles. The van der Waals surface area contributed by atoms with Gasteiger partial charge in [0.15, 0.2) is 11.5 Å². The fourth-order valence-electron chi connectivity index (χ4n) is 1.82. The summed E-state index contributed by atoms with van der Waals surface area (Å²) < 4.78 is 5.39. The first-order valence-corrected chi connectivity index (χ1v) is 5.27. The maximum Gasteiger partial charge on any atom is 0.192 e. The van der Waals surface area contributed by atoms with Gasteiger partial charge in [0, 0.05) is 13.5 Å². The topological polar surface area (TPSA) is 58.3 Å². The van der Waals surface area contributed by atoms with Gasteiger partial charge >= 0.3 is 0 Å². The molecule has 0 aliphatic rings. The monoisotopic (exact) mass is 220 g/mol. The number of aromatic nitrogens is 1. The number of benzene rings is 1. The SMILES string of the molecule is CNCC(C)(O)c1ccc2oc(C)nc2c1. The Morgan fingerprint density at radius 1 is 1.50 bits per heavy atom. The second kappa shape index (κ2) is 3.88. The van der Waals surface area contributed by atoms with Crippen LogP contribution in [0.4, 0.5) is 0 Å². The number of oxazole rings is 1. The van der Waals surface area contributed by atoms with E-state index in [4.69, 9.17) is 4.42 Å². The van der Waals surface area contributed by atoms with Crippen LogP contribution in [0.15, 0.2) is 22.6 Å². The third kappa shape index (κ3) is 1.94. The van der Waals surface area contributed by atoms with Crippen LogP contribution in [0.25, 0.3) is 11.1 Å². The minimum Gasteiger partial charge on any atom is -0.441 e. The Hall–Kier alpha value is -1.39. The number of aliphatic hydroxyl groups is 1. The highest BCUT2D eigenvalue weighted by Gasteiger charge is 2.22. The van der Waals surface area contributed by atoms with Gasteiger partial charge in [-0.1, -0.05) is 6.07 Å². The normalized spacial score (nSPS) is 15.2. The van der Waals surface area contributed by atoms with Gasteiger partial charge in [0.2, 0.25) is 0 Å². The van der Waals surface area contributed by atoms with Crippen molar-refractivity contribution in [1.29, 1.82) is 0 Å². The predicted molar refractivity (Wildman–Crippen MR) is 62.2 cm³/mol. The summed E-state index contributed by atoms with van der Waals surface area (Å²) in [7, 11) is 1.81. The number of rotatable bonds is 3. The highest BCUT2D eigenvalue weighted by molar-refractivity contribution is 5.73. The molecule has 16 heavy (non-hydrogen) atoms. The zero-order chi connectivity index (χ0) is 11.8. The van der Waals surface area contributed by atoms with Gasteiger partial charge in [0.25, 0.3) is 0 Å². The lowest BCUT2D eigenvalue weighted by Crippen LogP contribution is -2.33. The molecule has 4 nitrogen and oxygen atoms in total. The fraction of sp³-hybridized carbons (Fsp3) is 0.417. The molecule has 4 heteroatoms. The van der Waals surface area contributed by atoms with Gasteiger partial charge in [0.1, 0.15) is 5.52 Å². The summed E-state index contributed by atoms with van der Waals surface area (Å²) in [6, 6.07) is 5.57. The van der Waals surface area contributed by atoms with Crippen molar-refractivity contribution in [2.75, 3.05) is 13.6 Å². The number of hydrogen-bond donors (Lipinski definition) is 2. The number of hydrogen-bond acceptors (Lipinski definition) is 4. The molecule has 1 atom stereocenters. The van der Waals surface area contributed by atoms with Crippen LogP contribution in [-0.4, -0.2) is 23.7 Å². The summed E-state index contributed by atoms with van der Waals surface area (Å²) in [6.07, 6.45) is 0. The van der Waals surface area contributed by atoms with Gasteiger partial charge < -0.3 is 14.8 Å². The number of nitrogens with zero attached hydrogens (tertiary/aromatic N) is 1. The van der Waals surface area contributed by atoms with Crippen LogP contribution in [-0.2, 0) is 5.60 Å². The molecular formula is C12H16N2O2. The Kier molecular flexibility index (Phi) is 2.69. The van der Waals surface area contributed by atoms with Crippen LogP contribution in [0, 0.1) is 6.92 Å². The smallest absolute Gasteiger partial charge is 0.192 e. The molecular weight excluding hydrogens is 204 g/mol. The molecule has 0 amide bonds. The molecule has 0 bridgehead atoms. The molecule has 2 rings (SSSR count). The molecule has 0 aliphatic carbocycles. The van der Waals surface area contributed by atoms with Crippen molar-refractivity contribution >= 4 is 11.1 Å². The van der Waals surface area contributed by atoms with E-state index in [1.807, 2.05) is 32.2 Å². The summed E-state index contributed by atoms with van der Waals surface area (Å²) >= 11 is 0. The predicted octanol–water partition coefficient (Wildman–Crippen LogP) is 1.56. The zero-order valence-corrected chi connectivity index (χ0v) is 9.74. The minimum atomic E-state index is -0.893. The van der Waals surface area contributed by atoms with Crippen molar-refractivity contribution < 1.29 is 9.52 Å². The van der Waals surface area contributed by atoms with Crippen LogP contribution in [0.2, 0.25) is 0 Å². The van der Waals surface area contributed by atoms with Crippen molar-refractivity contribution in [1.82, 2.24) is 10.3 Å². The average molecular weight is 220 g/mol. The number of aryl methyl sites for hydroxylation is 1. The fourth-order valence-corrected chi connectivity index (χ4v) is 1.82. The third-order valence-electron chi connectivity index (χ3n) is 2.64. The molecule has 0 radical (unpaired) electrons. The van der Waals surface area contributed by atoms with E-state index in [2.05, 4.69) is 10.3 Å². The van der Waals surface area contributed by atoms with Gasteiger partial charge in [-0.3, -0.25) is 0 Å². The standard InChI is InChI=1S/C12H16N2O2/c1-8-14-10-6-9(4-5-11(10)16-8)12(2,15)7-13-3/h4-6,13,15H,7H2,1-3H3. The van der Waals surface area contributed by atoms with Crippen LogP contribution >= 0.6 is 0 Å². The highest BCUT2D eigenvalue weighted by Crippen LogP contribution is 2.24. The van der Waals surface area contributed by atoms with Crippen molar-refractivity contribution in [3.63, 3.8) is 0 Å². The molecule has 1 aromatic carbocycles. The first-order valence-electron chi connectivity index (χ1n) is 5.27. The van der Waals surface area contributed by atoms with Gasteiger partial charge in [-0.15, -0.1) is 0 Å².